The zero-order chi connectivity index (χ0) is 20.5. The Morgan fingerprint density at radius 1 is 0.933 bits per heavy atom. The number of carbonyl (C=O) groups excluding carboxylic acids is 1. The molecule has 0 bridgehead atoms. The molecule has 2 aliphatic heterocycles. The maximum Gasteiger partial charge on any atom is 0.241 e. The molecular formula is C27H24N2O. The average molecular weight is 393 g/mol. The highest BCUT2D eigenvalue weighted by Gasteiger charge is 2.59. The number of hydrogen-bond acceptors (Lipinski definition) is 2. The predicted octanol–water partition coefficient (Wildman–Crippen LogP) is 4.89. The molecule has 1 amide bonds. The third kappa shape index (κ3) is 2.18. The Balaban J connectivity index is 1.41. The van der Waals surface area contributed by atoms with Crippen molar-refractivity contribution in [1.82, 2.24) is 5.32 Å². The number of rotatable bonds is 2. The highest BCUT2D eigenvalue weighted by atomic mass is 16.2. The number of benzene rings is 3. The van der Waals surface area contributed by atoms with E-state index in [2.05, 4.69) is 103 Å². The summed E-state index contributed by atoms with van der Waals surface area (Å²) in [5.74, 6) is 0.0756. The largest absolute Gasteiger partial charge is 0.335 e. The van der Waals surface area contributed by atoms with Crippen LogP contribution in [0.5, 0.6) is 0 Å². The summed E-state index contributed by atoms with van der Waals surface area (Å²) in [6, 6.07) is 23.8. The number of fused-ring (bicyclic) bond motifs is 6. The fourth-order valence-corrected chi connectivity index (χ4v) is 5.63. The maximum absolute atomic E-state index is 12.5. The van der Waals surface area contributed by atoms with Gasteiger partial charge in [0.25, 0.3) is 0 Å². The minimum Gasteiger partial charge on any atom is -0.335 e. The molecule has 3 aromatic rings. The fourth-order valence-electron chi connectivity index (χ4n) is 5.63. The number of carbonyl (C=O) groups is 1. The maximum atomic E-state index is 12.5. The molecule has 3 aromatic carbocycles. The Hall–Kier alpha value is -3.33. The van der Waals surface area contributed by atoms with Crippen LogP contribution in [0.3, 0.4) is 0 Å². The van der Waals surface area contributed by atoms with Crippen LogP contribution in [0.4, 0.5) is 5.69 Å². The van der Waals surface area contributed by atoms with E-state index < -0.39 is 5.66 Å². The van der Waals surface area contributed by atoms with Crippen molar-refractivity contribution >= 4 is 17.7 Å². The van der Waals surface area contributed by atoms with Gasteiger partial charge in [0.15, 0.2) is 0 Å². The summed E-state index contributed by atoms with van der Waals surface area (Å²) in [7, 11) is 0. The Morgan fingerprint density at radius 2 is 1.70 bits per heavy atom. The molecule has 0 radical (unpaired) electrons. The molecule has 3 heteroatoms. The van der Waals surface area contributed by atoms with Gasteiger partial charge in [-0.05, 0) is 51.9 Å². The van der Waals surface area contributed by atoms with Crippen molar-refractivity contribution in [2.75, 3.05) is 11.4 Å². The second-order valence-electron chi connectivity index (χ2n) is 9.13. The number of amides is 1. The van der Waals surface area contributed by atoms with Gasteiger partial charge in [-0.15, -0.1) is 0 Å². The molecule has 2 heterocycles. The van der Waals surface area contributed by atoms with E-state index >= 15 is 0 Å². The lowest BCUT2D eigenvalue weighted by Gasteiger charge is -2.40. The number of nitrogens with zero attached hydrogens (tertiary/aromatic N) is 1. The van der Waals surface area contributed by atoms with Crippen molar-refractivity contribution in [3.63, 3.8) is 0 Å². The first-order valence-electron chi connectivity index (χ1n) is 10.6. The van der Waals surface area contributed by atoms with Crippen LogP contribution in [0.15, 0.2) is 72.8 Å². The van der Waals surface area contributed by atoms with Gasteiger partial charge in [-0.2, -0.15) is 0 Å². The smallest absolute Gasteiger partial charge is 0.241 e. The summed E-state index contributed by atoms with van der Waals surface area (Å²) >= 11 is 0. The van der Waals surface area contributed by atoms with Crippen LogP contribution < -0.4 is 10.2 Å². The molecule has 3 aliphatic rings. The zero-order valence-corrected chi connectivity index (χ0v) is 17.3. The summed E-state index contributed by atoms with van der Waals surface area (Å²) in [4.78, 5) is 14.7. The van der Waals surface area contributed by atoms with Gasteiger partial charge in [0.2, 0.25) is 5.91 Å². The summed E-state index contributed by atoms with van der Waals surface area (Å²) < 4.78 is 0. The first kappa shape index (κ1) is 17.5. The molecule has 1 fully saturated rings. The monoisotopic (exact) mass is 392 g/mol. The normalized spacial score (nSPS) is 22.6. The van der Waals surface area contributed by atoms with Crippen molar-refractivity contribution in [2.45, 2.75) is 31.3 Å². The predicted molar refractivity (Wildman–Crippen MR) is 121 cm³/mol. The van der Waals surface area contributed by atoms with Crippen LogP contribution in [-0.2, 0) is 16.6 Å². The fraction of sp³-hybridized carbons (Fsp3) is 0.222. The van der Waals surface area contributed by atoms with E-state index in [0.717, 1.165) is 12.1 Å². The quantitative estimate of drug-likeness (QED) is 0.526. The van der Waals surface area contributed by atoms with Crippen LogP contribution in [-0.4, -0.2) is 18.1 Å². The molecule has 6 rings (SSSR count). The van der Waals surface area contributed by atoms with E-state index in [4.69, 9.17) is 0 Å². The molecule has 1 aliphatic carbocycles. The molecule has 0 spiro atoms. The van der Waals surface area contributed by atoms with Gasteiger partial charge in [-0.1, -0.05) is 80.6 Å². The molecule has 1 atom stereocenters. The van der Waals surface area contributed by atoms with Crippen LogP contribution in [0.2, 0.25) is 0 Å². The Labute approximate surface area is 177 Å². The molecule has 3 nitrogen and oxygen atoms in total. The van der Waals surface area contributed by atoms with Crippen LogP contribution in [0.25, 0.3) is 17.2 Å². The van der Waals surface area contributed by atoms with E-state index in [1.165, 1.54) is 33.4 Å². The lowest BCUT2D eigenvalue weighted by molar-refractivity contribution is -0.118. The number of anilines is 1. The first-order chi connectivity index (χ1) is 14.5. The SMILES string of the molecule is CC1(C)c2ccccc2N2CC(=O)N[C@@]21/C=C/c1ccc2c(c1)Cc1ccccc1-2. The molecule has 148 valence electrons. The standard InChI is InChI=1S/C27H24N2O/c1-26(2)23-9-5-6-10-24(23)29-17-25(30)28-27(26,29)14-13-18-11-12-22-20(15-18)16-19-7-3-4-8-21(19)22/h3-15H,16-17H2,1-2H3,(H,28,30)/b14-13+/t27-/m0/s1. The molecule has 1 N–H and O–H groups in total. The van der Waals surface area contributed by atoms with Gasteiger partial charge in [0, 0.05) is 11.1 Å². The summed E-state index contributed by atoms with van der Waals surface area (Å²) in [6.07, 6.45) is 5.36. The van der Waals surface area contributed by atoms with E-state index in [1.807, 2.05) is 0 Å². The van der Waals surface area contributed by atoms with Crippen LogP contribution in [0, 0.1) is 0 Å². The highest BCUT2D eigenvalue weighted by molar-refractivity contribution is 5.91. The van der Waals surface area contributed by atoms with Gasteiger partial charge < -0.3 is 10.2 Å². The topological polar surface area (TPSA) is 32.3 Å². The minimum absolute atomic E-state index is 0.0756. The number of para-hydroxylation sites is 1. The number of nitrogens with one attached hydrogen (secondary N) is 1. The molecule has 0 unspecified atom stereocenters. The lowest BCUT2D eigenvalue weighted by atomic mass is 9.75. The average Bonchev–Trinajstić information content (AvgIpc) is 3.34. The molecule has 30 heavy (non-hydrogen) atoms. The third-order valence-electron chi connectivity index (χ3n) is 7.21. The molecule has 1 saturated heterocycles. The molecule has 0 saturated carbocycles. The third-order valence-corrected chi connectivity index (χ3v) is 7.21. The summed E-state index contributed by atoms with van der Waals surface area (Å²) in [5, 5.41) is 3.30. The van der Waals surface area contributed by atoms with Gasteiger partial charge >= 0.3 is 0 Å². The number of hydrogen-bond donors (Lipinski definition) is 1. The Morgan fingerprint density at radius 3 is 2.60 bits per heavy atom. The Kier molecular flexibility index (Phi) is 3.42. The summed E-state index contributed by atoms with van der Waals surface area (Å²) in [5.41, 5.74) is 8.27. The van der Waals surface area contributed by atoms with Crippen molar-refractivity contribution in [3.05, 3.63) is 95.1 Å². The van der Waals surface area contributed by atoms with Crippen molar-refractivity contribution < 1.29 is 4.79 Å². The molecular weight excluding hydrogens is 368 g/mol. The van der Waals surface area contributed by atoms with E-state index in [0.29, 0.717) is 6.54 Å². The van der Waals surface area contributed by atoms with Gasteiger partial charge in [0.1, 0.15) is 5.66 Å². The van der Waals surface area contributed by atoms with Gasteiger partial charge in [-0.3, -0.25) is 4.79 Å². The van der Waals surface area contributed by atoms with Crippen LogP contribution >= 0.6 is 0 Å². The zero-order valence-electron chi connectivity index (χ0n) is 17.3. The van der Waals surface area contributed by atoms with Crippen molar-refractivity contribution in [3.8, 4) is 11.1 Å². The lowest BCUT2D eigenvalue weighted by Crippen LogP contribution is -2.58. The highest BCUT2D eigenvalue weighted by Crippen LogP contribution is 2.52. The second kappa shape index (κ2) is 5.85. The van der Waals surface area contributed by atoms with Crippen molar-refractivity contribution in [1.29, 1.82) is 0 Å². The van der Waals surface area contributed by atoms with Gasteiger partial charge in [0.05, 0.1) is 6.54 Å². The molecule has 0 aromatic heterocycles. The van der Waals surface area contributed by atoms with E-state index in [-0.39, 0.29) is 11.3 Å². The van der Waals surface area contributed by atoms with Crippen molar-refractivity contribution in [2.24, 2.45) is 0 Å². The second-order valence-corrected chi connectivity index (χ2v) is 9.13. The minimum atomic E-state index is -0.546. The van der Waals surface area contributed by atoms with Crippen LogP contribution in [0.1, 0.15) is 36.1 Å². The van der Waals surface area contributed by atoms with E-state index in [9.17, 15) is 4.79 Å². The summed E-state index contributed by atoms with van der Waals surface area (Å²) in [6.45, 7) is 4.84. The Bertz CT molecular complexity index is 1240. The van der Waals surface area contributed by atoms with Gasteiger partial charge in [-0.25, -0.2) is 0 Å². The first-order valence-corrected chi connectivity index (χ1v) is 10.6. The van der Waals surface area contributed by atoms with E-state index in [1.54, 1.807) is 0 Å².